The summed E-state index contributed by atoms with van der Waals surface area (Å²) in [5.41, 5.74) is 0.987. The van der Waals surface area contributed by atoms with Crippen molar-refractivity contribution in [3.63, 3.8) is 0 Å². The number of amidine groups is 1. The number of hydrogen-bond acceptors (Lipinski definition) is 4. The monoisotopic (exact) mass is 394 g/mol. The third-order valence-corrected chi connectivity index (χ3v) is 5.55. The number of rotatable bonds is 5. The molecule has 142 valence electrons. The number of hydrogen-bond donors (Lipinski definition) is 0. The third kappa shape index (κ3) is 4.34. The molecule has 0 aromatic heterocycles. The van der Waals surface area contributed by atoms with Crippen molar-refractivity contribution in [2.24, 2.45) is 4.99 Å². The lowest BCUT2D eigenvalue weighted by Gasteiger charge is -2.18. The molecule has 0 unspecified atom stereocenters. The van der Waals surface area contributed by atoms with Gasteiger partial charge in [0.25, 0.3) is 5.91 Å². The number of amides is 1. The maximum atomic E-state index is 13.0. The number of fused-ring (bicyclic) bond motifs is 1. The molecule has 3 aromatic carbocycles. The van der Waals surface area contributed by atoms with E-state index >= 15 is 0 Å². The van der Waals surface area contributed by atoms with Gasteiger partial charge in [-0.05, 0) is 40.6 Å². The Kier molecular flexibility index (Phi) is 5.58. The second-order valence-corrected chi connectivity index (χ2v) is 7.36. The molecule has 0 spiro atoms. The highest BCUT2D eigenvalue weighted by Crippen LogP contribution is 2.22. The van der Waals surface area contributed by atoms with E-state index in [0.717, 1.165) is 16.3 Å². The highest BCUT2D eigenvalue weighted by atomic mass is 32.2. The van der Waals surface area contributed by atoms with Gasteiger partial charge in [-0.2, -0.15) is 0 Å². The molecule has 0 radical (unpaired) electrons. The Labute approximate surface area is 167 Å². The molecule has 0 N–H and O–H groups in total. The van der Waals surface area contributed by atoms with Crippen LogP contribution in [-0.4, -0.2) is 35.7 Å². The molecule has 6 heteroatoms. The van der Waals surface area contributed by atoms with Gasteiger partial charge in [-0.15, -0.1) is 0 Å². The Hall–Kier alpha value is -2.86. The van der Waals surface area contributed by atoms with Gasteiger partial charge in [0.05, 0.1) is 6.54 Å². The first-order valence-electron chi connectivity index (χ1n) is 9.03. The number of benzene rings is 3. The summed E-state index contributed by atoms with van der Waals surface area (Å²) in [4.78, 5) is 18.7. The number of thioether (sulfide) groups is 1. The fourth-order valence-electron chi connectivity index (χ4n) is 2.99. The summed E-state index contributed by atoms with van der Waals surface area (Å²) in [5.74, 6) is 0.934. The van der Waals surface area contributed by atoms with Gasteiger partial charge in [0.15, 0.2) is 11.8 Å². The zero-order valence-electron chi connectivity index (χ0n) is 15.2. The van der Waals surface area contributed by atoms with Crippen LogP contribution >= 0.6 is 11.8 Å². The topological polar surface area (TPSA) is 41.9 Å². The quantitative estimate of drug-likeness (QED) is 0.640. The van der Waals surface area contributed by atoms with Crippen molar-refractivity contribution in [1.29, 1.82) is 0 Å². The predicted octanol–water partition coefficient (Wildman–Crippen LogP) is 4.49. The van der Waals surface area contributed by atoms with Gasteiger partial charge in [-0.25, -0.2) is 4.39 Å². The minimum Gasteiger partial charge on any atom is -0.484 e. The molecule has 28 heavy (non-hydrogen) atoms. The fraction of sp³-hybridized carbons (Fsp3) is 0.182. The molecular weight excluding hydrogens is 375 g/mol. The van der Waals surface area contributed by atoms with Crippen LogP contribution in [0.25, 0.3) is 10.8 Å². The first-order valence-corrected chi connectivity index (χ1v) is 10.0. The summed E-state index contributed by atoms with van der Waals surface area (Å²) in [6.07, 6.45) is 0. The van der Waals surface area contributed by atoms with E-state index in [2.05, 4.69) is 4.99 Å². The second kappa shape index (κ2) is 8.44. The summed E-state index contributed by atoms with van der Waals surface area (Å²) in [7, 11) is 0. The van der Waals surface area contributed by atoms with Crippen molar-refractivity contribution in [1.82, 2.24) is 4.90 Å². The standard InChI is InChI=1S/C22H19FN2O2S/c23-19-8-5-16(6-9-19)15-28-22-24-11-12-25(22)21(26)14-27-20-10-7-17-3-1-2-4-18(17)13-20/h1-10,13H,11-12,14-15H2. The maximum absolute atomic E-state index is 13.0. The first kappa shape index (κ1) is 18.5. The van der Waals surface area contributed by atoms with Crippen molar-refractivity contribution >= 4 is 33.6 Å². The van der Waals surface area contributed by atoms with Crippen molar-refractivity contribution in [3.8, 4) is 5.75 Å². The van der Waals surface area contributed by atoms with Gasteiger partial charge in [-0.3, -0.25) is 14.7 Å². The van der Waals surface area contributed by atoms with Crippen LogP contribution in [0.15, 0.2) is 71.7 Å². The van der Waals surface area contributed by atoms with E-state index in [1.807, 2.05) is 42.5 Å². The molecule has 1 aliphatic rings. The largest absolute Gasteiger partial charge is 0.484 e. The summed E-state index contributed by atoms with van der Waals surface area (Å²) in [5, 5.41) is 2.90. The first-order chi connectivity index (χ1) is 13.7. The molecule has 0 bridgehead atoms. The second-order valence-electron chi connectivity index (χ2n) is 6.42. The van der Waals surface area contributed by atoms with Crippen LogP contribution < -0.4 is 4.74 Å². The number of carbonyl (C=O) groups excluding carboxylic acids is 1. The van der Waals surface area contributed by atoms with Gasteiger partial charge >= 0.3 is 0 Å². The lowest BCUT2D eigenvalue weighted by molar-refractivity contribution is -0.128. The predicted molar refractivity (Wildman–Crippen MR) is 111 cm³/mol. The van der Waals surface area contributed by atoms with E-state index in [4.69, 9.17) is 4.74 Å². The smallest absolute Gasteiger partial charge is 0.266 e. The lowest BCUT2D eigenvalue weighted by atomic mass is 10.1. The lowest BCUT2D eigenvalue weighted by Crippen LogP contribution is -2.36. The van der Waals surface area contributed by atoms with Crippen LogP contribution in [0.4, 0.5) is 4.39 Å². The van der Waals surface area contributed by atoms with Gasteiger partial charge in [0, 0.05) is 12.3 Å². The number of aliphatic imine (C=N–C) groups is 1. The van der Waals surface area contributed by atoms with E-state index in [1.165, 1.54) is 23.9 Å². The van der Waals surface area contributed by atoms with E-state index in [9.17, 15) is 9.18 Å². The highest BCUT2D eigenvalue weighted by molar-refractivity contribution is 8.13. The molecule has 4 rings (SSSR count). The van der Waals surface area contributed by atoms with E-state index in [0.29, 0.717) is 29.8 Å². The zero-order chi connectivity index (χ0) is 19.3. The van der Waals surface area contributed by atoms with Crippen molar-refractivity contribution in [3.05, 3.63) is 78.1 Å². The van der Waals surface area contributed by atoms with Crippen LogP contribution in [0, 0.1) is 5.82 Å². The van der Waals surface area contributed by atoms with E-state index in [1.54, 1.807) is 17.0 Å². The molecule has 0 aliphatic carbocycles. The highest BCUT2D eigenvalue weighted by Gasteiger charge is 2.24. The van der Waals surface area contributed by atoms with Crippen LogP contribution in [0.1, 0.15) is 5.56 Å². The Morgan fingerprint density at radius 2 is 1.86 bits per heavy atom. The summed E-state index contributed by atoms with van der Waals surface area (Å²) in [6.45, 7) is 1.12. The molecule has 0 fully saturated rings. The molecule has 1 aliphatic heterocycles. The number of halogens is 1. The fourth-order valence-corrected chi connectivity index (χ4v) is 4.01. The number of ether oxygens (including phenoxy) is 1. The molecule has 1 heterocycles. The maximum Gasteiger partial charge on any atom is 0.266 e. The van der Waals surface area contributed by atoms with Crippen molar-refractivity contribution < 1.29 is 13.9 Å². The summed E-state index contributed by atoms with van der Waals surface area (Å²) < 4.78 is 18.7. The SMILES string of the molecule is O=C(COc1ccc2ccccc2c1)N1CCN=C1SCc1ccc(F)cc1. The molecule has 4 nitrogen and oxygen atoms in total. The van der Waals surface area contributed by atoms with Crippen LogP contribution in [-0.2, 0) is 10.5 Å². The Morgan fingerprint density at radius 1 is 1.07 bits per heavy atom. The number of nitrogens with zero attached hydrogens (tertiary/aromatic N) is 2. The summed E-state index contributed by atoms with van der Waals surface area (Å²) >= 11 is 1.48. The van der Waals surface area contributed by atoms with Crippen LogP contribution in [0.3, 0.4) is 0 Å². The molecular formula is C22H19FN2O2S. The minimum atomic E-state index is -0.255. The van der Waals surface area contributed by atoms with E-state index < -0.39 is 0 Å². The molecule has 0 saturated carbocycles. The van der Waals surface area contributed by atoms with Crippen LogP contribution in [0.5, 0.6) is 5.75 Å². The Balaban J connectivity index is 1.34. The molecule has 1 amide bonds. The minimum absolute atomic E-state index is 0.0333. The third-order valence-electron chi connectivity index (χ3n) is 4.47. The molecule has 3 aromatic rings. The van der Waals surface area contributed by atoms with Gasteiger partial charge in [0.2, 0.25) is 0 Å². The van der Waals surface area contributed by atoms with Gasteiger partial charge in [-0.1, -0.05) is 54.2 Å². The number of carbonyl (C=O) groups is 1. The molecule has 0 saturated heterocycles. The average molecular weight is 394 g/mol. The van der Waals surface area contributed by atoms with Crippen molar-refractivity contribution in [2.45, 2.75) is 5.75 Å². The normalized spacial score (nSPS) is 13.6. The van der Waals surface area contributed by atoms with Gasteiger partial charge < -0.3 is 4.74 Å². The molecule has 0 atom stereocenters. The Bertz CT molecular complexity index is 1020. The van der Waals surface area contributed by atoms with Gasteiger partial charge in [0.1, 0.15) is 11.6 Å². The van der Waals surface area contributed by atoms with Crippen molar-refractivity contribution in [2.75, 3.05) is 19.7 Å². The van der Waals surface area contributed by atoms with Crippen LogP contribution in [0.2, 0.25) is 0 Å². The Morgan fingerprint density at radius 3 is 2.68 bits per heavy atom. The van der Waals surface area contributed by atoms with E-state index in [-0.39, 0.29) is 18.3 Å². The summed E-state index contributed by atoms with van der Waals surface area (Å²) in [6, 6.07) is 20.2. The average Bonchev–Trinajstić information content (AvgIpc) is 3.20. The zero-order valence-corrected chi connectivity index (χ0v) is 16.0.